The average Bonchev–Trinajstić information content (AvgIpc) is 3.15. The second kappa shape index (κ2) is 5.59. The van der Waals surface area contributed by atoms with Crippen molar-refractivity contribution in [1.29, 1.82) is 0 Å². The van der Waals surface area contributed by atoms with E-state index < -0.39 is 0 Å². The Hall–Kier alpha value is -2.31. The smallest absolute Gasteiger partial charge is 0.323 e. The molecule has 21 heavy (non-hydrogen) atoms. The fraction of sp³-hybridized carbons (Fsp3) is 0.500. The summed E-state index contributed by atoms with van der Waals surface area (Å²) in [5.41, 5.74) is 2.32. The van der Waals surface area contributed by atoms with Crippen LogP contribution in [0.3, 0.4) is 0 Å². The SMILES string of the molecule is CCc1cn[nH]c1[C@H]1CCCN(C(=O)c2c[nH]c(=O)[nH]2)C1. The summed E-state index contributed by atoms with van der Waals surface area (Å²) in [6.07, 6.45) is 6.22. The van der Waals surface area contributed by atoms with Gasteiger partial charge in [0.15, 0.2) is 0 Å². The lowest BCUT2D eigenvalue weighted by molar-refractivity contribution is 0.0700. The van der Waals surface area contributed by atoms with Gasteiger partial charge in [-0.1, -0.05) is 6.92 Å². The number of carbonyl (C=O) groups excluding carboxylic acids is 1. The molecule has 2 aromatic heterocycles. The van der Waals surface area contributed by atoms with Gasteiger partial charge in [-0.05, 0) is 24.8 Å². The number of rotatable bonds is 3. The molecule has 1 aliphatic rings. The number of likely N-dealkylation sites (tertiary alicyclic amines) is 1. The van der Waals surface area contributed by atoms with Crippen LogP contribution in [0.25, 0.3) is 0 Å². The van der Waals surface area contributed by atoms with Gasteiger partial charge in [-0.15, -0.1) is 0 Å². The Morgan fingerprint density at radius 3 is 3.10 bits per heavy atom. The standard InChI is InChI=1S/C14H19N5O2/c1-2-9-6-16-18-12(9)10-4-3-5-19(8-10)13(20)11-7-15-14(21)17-11/h6-7,10H,2-5,8H2,1H3,(H,16,18)(H2,15,17,21)/t10-/m0/s1. The van der Waals surface area contributed by atoms with Crippen molar-refractivity contribution in [2.24, 2.45) is 0 Å². The minimum atomic E-state index is -0.353. The molecule has 0 unspecified atom stereocenters. The molecule has 0 aliphatic carbocycles. The molecule has 0 radical (unpaired) electrons. The highest BCUT2D eigenvalue weighted by Crippen LogP contribution is 2.28. The minimum absolute atomic E-state index is 0.129. The Balaban J connectivity index is 1.77. The van der Waals surface area contributed by atoms with Crippen LogP contribution >= 0.6 is 0 Å². The van der Waals surface area contributed by atoms with Crippen LogP contribution in [-0.2, 0) is 6.42 Å². The molecule has 2 aromatic rings. The number of amides is 1. The van der Waals surface area contributed by atoms with Gasteiger partial charge in [0.25, 0.3) is 5.91 Å². The van der Waals surface area contributed by atoms with Crippen LogP contribution in [0.2, 0.25) is 0 Å². The van der Waals surface area contributed by atoms with Gasteiger partial charge in [-0.25, -0.2) is 4.79 Å². The van der Waals surface area contributed by atoms with Crippen LogP contribution in [0.15, 0.2) is 17.2 Å². The van der Waals surface area contributed by atoms with Crippen LogP contribution in [0, 0.1) is 0 Å². The van der Waals surface area contributed by atoms with Gasteiger partial charge in [-0.2, -0.15) is 5.10 Å². The Labute approximate surface area is 121 Å². The fourth-order valence-corrected chi connectivity index (χ4v) is 2.97. The molecule has 7 heteroatoms. The maximum Gasteiger partial charge on any atom is 0.323 e. The summed E-state index contributed by atoms with van der Waals surface area (Å²) < 4.78 is 0. The molecule has 1 atom stereocenters. The van der Waals surface area contributed by atoms with E-state index in [0.717, 1.165) is 31.5 Å². The molecule has 1 fully saturated rings. The fourth-order valence-electron chi connectivity index (χ4n) is 2.97. The molecule has 0 bridgehead atoms. The van der Waals surface area contributed by atoms with Crippen molar-refractivity contribution in [2.75, 3.05) is 13.1 Å². The van der Waals surface area contributed by atoms with Crippen molar-refractivity contribution in [3.63, 3.8) is 0 Å². The maximum atomic E-state index is 12.4. The van der Waals surface area contributed by atoms with Crippen LogP contribution < -0.4 is 5.69 Å². The highest BCUT2D eigenvalue weighted by molar-refractivity contribution is 5.92. The first kappa shape index (κ1) is 13.7. The number of aromatic nitrogens is 4. The van der Waals surface area contributed by atoms with E-state index in [-0.39, 0.29) is 17.5 Å². The molecule has 112 valence electrons. The minimum Gasteiger partial charge on any atom is -0.337 e. The summed E-state index contributed by atoms with van der Waals surface area (Å²) in [6, 6.07) is 0. The zero-order chi connectivity index (χ0) is 14.8. The zero-order valence-electron chi connectivity index (χ0n) is 12.0. The van der Waals surface area contributed by atoms with Crippen LogP contribution in [0.1, 0.15) is 47.4 Å². The summed E-state index contributed by atoms with van der Waals surface area (Å²) in [4.78, 5) is 30.3. The average molecular weight is 289 g/mol. The molecular formula is C14H19N5O2. The Bertz CT molecular complexity index is 683. The van der Waals surface area contributed by atoms with Gasteiger partial charge < -0.3 is 14.9 Å². The summed E-state index contributed by atoms with van der Waals surface area (Å²) in [5, 5.41) is 7.20. The van der Waals surface area contributed by atoms with Crippen LogP contribution in [-0.4, -0.2) is 44.1 Å². The van der Waals surface area contributed by atoms with Crippen LogP contribution in [0.4, 0.5) is 0 Å². The number of aromatic amines is 3. The lowest BCUT2D eigenvalue weighted by Gasteiger charge is -2.32. The van der Waals surface area contributed by atoms with Gasteiger partial charge in [0, 0.05) is 30.9 Å². The lowest BCUT2D eigenvalue weighted by atomic mass is 9.92. The third-order valence-electron chi connectivity index (χ3n) is 4.08. The van der Waals surface area contributed by atoms with Crippen molar-refractivity contribution < 1.29 is 4.79 Å². The molecule has 3 N–H and O–H groups in total. The largest absolute Gasteiger partial charge is 0.337 e. The van der Waals surface area contributed by atoms with Crippen molar-refractivity contribution in [3.05, 3.63) is 39.8 Å². The first-order valence-electron chi connectivity index (χ1n) is 7.28. The number of aryl methyl sites for hydroxylation is 1. The van der Waals surface area contributed by atoms with Crippen molar-refractivity contribution in [3.8, 4) is 0 Å². The second-order valence-electron chi connectivity index (χ2n) is 5.41. The summed E-state index contributed by atoms with van der Waals surface area (Å²) >= 11 is 0. The maximum absolute atomic E-state index is 12.4. The van der Waals surface area contributed by atoms with Crippen molar-refractivity contribution in [1.82, 2.24) is 25.1 Å². The van der Waals surface area contributed by atoms with Gasteiger partial charge >= 0.3 is 5.69 Å². The number of H-pyrrole nitrogens is 3. The number of hydrogen-bond acceptors (Lipinski definition) is 3. The van der Waals surface area contributed by atoms with Gasteiger partial charge in [-0.3, -0.25) is 9.89 Å². The number of piperidine rings is 1. The summed E-state index contributed by atoms with van der Waals surface area (Å²) in [6.45, 7) is 3.48. The van der Waals surface area contributed by atoms with E-state index >= 15 is 0 Å². The van der Waals surface area contributed by atoms with Crippen molar-refractivity contribution >= 4 is 5.91 Å². The first-order chi connectivity index (χ1) is 10.2. The van der Waals surface area contributed by atoms with Gasteiger partial charge in [0.05, 0.1) is 6.20 Å². The molecule has 1 saturated heterocycles. The van der Waals surface area contributed by atoms with E-state index in [2.05, 4.69) is 27.1 Å². The Kier molecular flexibility index (Phi) is 3.64. The molecule has 7 nitrogen and oxygen atoms in total. The van der Waals surface area contributed by atoms with E-state index in [1.807, 2.05) is 6.20 Å². The van der Waals surface area contributed by atoms with E-state index in [9.17, 15) is 9.59 Å². The Morgan fingerprint density at radius 1 is 1.52 bits per heavy atom. The zero-order valence-corrected chi connectivity index (χ0v) is 12.0. The van der Waals surface area contributed by atoms with Crippen molar-refractivity contribution in [2.45, 2.75) is 32.1 Å². The predicted octanol–water partition coefficient (Wildman–Crippen LogP) is 1.01. The molecule has 1 aliphatic heterocycles. The molecule has 3 rings (SSSR count). The normalized spacial score (nSPS) is 18.9. The molecule has 1 amide bonds. The summed E-state index contributed by atoms with van der Waals surface area (Å²) in [5.74, 6) is 0.154. The van der Waals surface area contributed by atoms with E-state index in [1.165, 1.54) is 11.8 Å². The molecule has 0 aromatic carbocycles. The second-order valence-corrected chi connectivity index (χ2v) is 5.41. The Morgan fingerprint density at radius 2 is 2.38 bits per heavy atom. The number of nitrogens with one attached hydrogen (secondary N) is 3. The third-order valence-corrected chi connectivity index (χ3v) is 4.08. The first-order valence-corrected chi connectivity index (χ1v) is 7.28. The van der Waals surface area contributed by atoms with E-state index in [4.69, 9.17) is 0 Å². The number of imidazole rings is 1. The quantitative estimate of drug-likeness (QED) is 0.786. The molecular weight excluding hydrogens is 270 g/mol. The molecule has 0 saturated carbocycles. The highest BCUT2D eigenvalue weighted by atomic mass is 16.2. The topological polar surface area (TPSA) is 97.6 Å². The number of carbonyl (C=O) groups is 1. The third kappa shape index (κ3) is 2.63. The number of nitrogens with zero attached hydrogens (tertiary/aromatic N) is 2. The van der Waals surface area contributed by atoms with Crippen LogP contribution in [0.5, 0.6) is 0 Å². The molecule has 0 spiro atoms. The van der Waals surface area contributed by atoms with Gasteiger partial charge in [0.1, 0.15) is 5.69 Å². The van der Waals surface area contributed by atoms with E-state index in [0.29, 0.717) is 12.2 Å². The monoisotopic (exact) mass is 289 g/mol. The number of hydrogen-bond donors (Lipinski definition) is 3. The summed E-state index contributed by atoms with van der Waals surface area (Å²) in [7, 11) is 0. The predicted molar refractivity (Wildman–Crippen MR) is 77.3 cm³/mol. The lowest BCUT2D eigenvalue weighted by Crippen LogP contribution is -2.39. The molecule has 3 heterocycles. The van der Waals surface area contributed by atoms with Gasteiger partial charge in [0.2, 0.25) is 0 Å². The van der Waals surface area contributed by atoms with E-state index in [1.54, 1.807) is 4.90 Å². The highest BCUT2D eigenvalue weighted by Gasteiger charge is 2.28.